The summed E-state index contributed by atoms with van der Waals surface area (Å²) in [7, 11) is 6.45. The van der Waals surface area contributed by atoms with Crippen LogP contribution in [0, 0.1) is 10.1 Å². The van der Waals surface area contributed by atoms with Crippen molar-refractivity contribution in [2.24, 2.45) is 0 Å². The molecule has 0 bridgehead atoms. The quantitative estimate of drug-likeness (QED) is 0.566. The molecule has 140 valence electrons. The number of nitrogens with zero attached hydrogens (tertiary/aromatic N) is 2. The monoisotopic (exact) mass is 363 g/mol. The average molecular weight is 363 g/mol. The summed E-state index contributed by atoms with van der Waals surface area (Å²) < 4.78 is 15.6. The van der Waals surface area contributed by atoms with E-state index in [1.165, 1.54) is 26.4 Å². The van der Waals surface area contributed by atoms with Crippen molar-refractivity contribution in [3.8, 4) is 11.5 Å². The third-order valence-corrected chi connectivity index (χ3v) is 3.89. The molecule has 0 aliphatic rings. The Kier molecular flexibility index (Phi) is 6.18. The molecule has 1 atom stereocenters. The molecule has 0 saturated heterocycles. The molecule has 2 rings (SSSR count). The second-order valence-electron chi connectivity index (χ2n) is 5.69. The highest BCUT2D eigenvalue weighted by Gasteiger charge is 2.26. The number of ether oxygens (including phenoxy) is 2. The number of methoxy groups -OCH3 is 2. The Bertz CT molecular complexity index is 773. The lowest BCUT2D eigenvalue weighted by molar-refractivity contribution is -0.385. The number of carbonyl (C=O) groups is 1. The standard InChI is InChI=1S/C17H21N3O6/c1-19(2)13(14-6-5-7-26-14)10-18-17(21)11-8-15(24-3)16(25-4)9-12(11)20(22)23/h5-9,13H,10H2,1-4H3,(H,18,21). The summed E-state index contributed by atoms with van der Waals surface area (Å²) in [6, 6.07) is 5.81. The summed E-state index contributed by atoms with van der Waals surface area (Å²) in [5.41, 5.74) is -0.468. The first kappa shape index (κ1) is 19.3. The molecule has 9 heteroatoms. The largest absolute Gasteiger partial charge is 0.493 e. The average Bonchev–Trinajstić information content (AvgIpc) is 3.14. The van der Waals surface area contributed by atoms with Crippen LogP contribution in [0.15, 0.2) is 34.9 Å². The molecule has 1 aromatic heterocycles. The lowest BCUT2D eigenvalue weighted by Gasteiger charge is -2.22. The highest BCUT2D eigenvalue weighted by atomic mass is 16.6. The first-order valence-electron chi connectivity index (χ1n) is 7.77. The first-order valence-corrected chi connectivity index (χ1v) is 7.77. The Morgan fingerprint density at radius 1 is 1.31 bits per heavy atom. The molecule has 2 aromatic rings. The molecular formula is C17H21N3O6. The number of nitro benzene ring substituents is 1. The fourth-order valence-electron chi connectivity index (χ4n) is 2.50. The van der Waals surface area contributed by atoms with Crippen LogP contribution < -0.4 is 14.8 Å². The molecule has 0 aliphatic carbocycles. The topological polar surface area (TPSA) is 107 Å². The number of nitrogens with one attached hydrogen (secondary N) is 1. The van der Waals surface area contributed by atoms with Crippen LogP contribution in [0.3, 0.4) is 0 Å². The van der Waals surface area contributed by atoms with E-state index in [2.05, 4.69) is 5.32 Å². The van der Waals surface area contributed by atoms with Gasteiger partial charge in [0.1, 0.15) is 11.3 Å². The third kappa shape index (κ3) is 4.12. The summed E-state index contributed by atoms with van der Waals surface area (Å²) in [4.78, 5) is 25.2. The van der Waals surface area contributed by atoms with Crippen molar-refractivity contribution in [3.05, 3.63) is 52.0 Å². The van der Waals surface area contributed by atoms with Gasteiger partial charge in [-0.2, -0.15) is 0 Å². The van der Waals surface area contributed by atoms with Gasteiger partial charge in [0.05, 0.1) is 37.5 Å². The van der Waals surface area contributed by atoms with Crippen LogP contribution in [-0.2, 0) is 0 Å². The van der Waals surface area contributed by atoms with Gasteiger partial charge >= 0.3 is 0 Å². The second kappa shape index (κ2) is 8.34. The number of carbonyl (C=O) groups excluding carboxylic acids is 1. The van der Waals surface area contributed by atoms with Crippen molar-refractivity contribution in [2.75, 3.05) is 34.9 Å². The number of amides is 1. The number of furan rings is 1. The normalized spacial score (nSPS) is 11.9. The van der Waals surface area contributed by atoms with Gasteiger partial charge in [-0.1, -0.05) is 0 Å². The SMILES string of the molecule is COc1cc(C(=O)NCC(c2ccco2)N(C)C)c([N+](=O)[O-])cc1OC. The molecule has 0 spiro atoms. The lowest BCUT2D eigenvalue weighted by atomic mass is 10.1. The zero-order valence-corrected chi connectivity index (χ0v) is 15.0. The van der Waals surface area contributed by atoms with Gasteiger partial charge in [-0.05, 0) is 26.2 Å². The Hall–Kier alpha value is -3.07. The maximum Gasteiger partial charge on any atom is 0.286 e. The Morgan fingerprint density at radius 2 is 1.96 bits per heavy atom. The van der Waals surface area contributed by atoms with E-state index in [-0.39, 0.29) is 35.3 Å². The molecule has 1 heterocycles. The predicted octanol–water partition coefficient (Wildman–Crippen LogP) is 2.24. The van der Waals surface area contributed by atoms with Gasteiger partial charge in [-0.15, -0.1) is 0 Å². The fraction of sp³-hybridized carbons (Fsp3) is 0.353. The summed E-state index contributed by atoms with van der Waals surface area (Å²) >= 11 is 0. The maximum atomic E-state index is 12.6. The van der Waals surface area contributed by atoms with E-state index >= 15 is 0 Å². The molecular weight excluding hydrogens is 342 g/mol. The van der Waals surface area contributed by atoms with Crippen LogP contribution in [0.1, 0.15) is 22.2 Å². The molecule has 1 amide bonds. The Balaban J connectivity index is 2.26. The minimum absolute atomic E-state index is 0.107. The minimum atomic E-state index is -0.632. The fourth-order valence-corrected chi connectivity index (χ4v) is 2.50. The summed E-state index contributed by atoms with van der Waals surface area (Å²) in [6.07, 6.45) is 1.55. The van der Waals surface area contributed by atoms with Gasteiger partial charge < -0.3 is 19.2 Å². The molecule has 0 saturated carbocycles. The zero-order chi connectivity index (χ0) is 19.3. The molecule has 9 nitrogen and oxygen atoms in total. The smallest absolute Gasteiger partial charge is 0.286 e. The lowest BCUT2D eigenvalue weighted by Crippen LogP contribution is -2.34. The van der Waals surface area contributed by atoms with Crippen LogP contribution in [0.2, 0.25) is 0 Å². The van der Waals surface area contributed by atoms with Crippen molar-refractivity contribution in [1.82, 2.24) is 10.2 Å². The number of rotatable bonds is 8. The Labute approximate surface area is 150 Å². The van der Waals surface area contributed by atoms with E-state index in [1.807, 2.05) is 19.0 Å². The summed E-state index contributed by atoms with van der Waals surface area (Å²) in [5, 5.41) is 14.0. The van der Waals surface area contributed by atoms with Gasteiger partial charge in [-0.25, -0.2) is 0 Å². The van der Waals surface area contributed by atoms with E-state index in [1.54, 1.807) is 18.4 Å². The van der Waals surface area contributed by atoms with Gasteiger partial charge in [-0.3, -0.25) is 19.8 Å². The van der Waals surface area contributed by atoms with Crippen LogP contribution in [0.4, 0.5) is 5.69 Å². The first-order chi connectivity index (χ1) is 12.4. The van der Waals surface area contributed by atoms with Crippen molar-refractivity contribution in [3.63, 3.8) is 0 Å². The second-order valence-corrected chi connectivity index (χ2v) is 5.69. The molecule has 0 aliphatic heterocycles. The number of hydrogen-bond acceptors (Lipinski definition) is 7. The number of nitro groups is 1. The van der Waals surface area contributed by atoms with E-state index in [0.29, 0.717) is 5.76 Å². The Morgan fingerprint density at radius 3 is 2.46 bits per heavy atom. The molecule has 1 unspecified atom stereocenters. The molecule has 0 radical (unpaired) electrons. The van der Waals surface area contributed by atoms with E-state index < -0.39 is 10.8 Å². The van der Waals surface area contributed by atoms with Crippen molar-refractivity contribution in [2.45, 2.75) is 6.04 Å². The highest BCUT2D eigenvalue weighted by Crippen LogP contribution is 2.34. The predicted molar refractivity (Wildman–Crippen MR) is 93.7 cm³/mol. The van der Waals surface area contributed by atoms with E-state index in [9.17, 15) is 14.9 Å². The molecule has 0 fully saturated rings. The van der Waals surface area contributed by atoms with E-state index in [0.717, 1.165) is 0 Å². The highest BCUT2D eigenvalue weighted by molar-refractivity contribution is 5.99. The van der Waals surface area contributed by atoms with Gasteiger partial charge in [0.25, 0.3) is 11.6 Å². The van der Waals surface area contributed by atoms with Gasteiger partial charge in [0.2, 0.25) is 0 Å². The van der Waals surface area contributed by atoms with Crippen molar-refractivity contribution in [1.29, 1.82) is 0 Å². The van der Waals surface area contributed by atoms with Crippen LogP contribution in [-0.4, -0.2) is 50.6 Å². The number of hydrogen-bond donors (Lipinski definition) is 1. The summed E-state index contributed by atoms with van der Waals surface area (Å²) in [5.74, 6) is 0.504. The number of likely N-dealkylation sites (N-methyl/N-ethyl adjacent to an activating group) is 1. The molecule has 26 heavy (non-hydrogen) atoms. The van der Waals surface area contributed by atoms with Gasteiger partial charge in [0.15, 0.2) is 11.5 Å². The zero-order valence-electron chi connectivity index (χ0n) is 15.0. The number of benzene rings is 1. The van der Waals surface area contributed by atoms with Crippen LogP contribution >= 0.6 is 0 Å². The van der Waals surface area contributed by atoms with Crippen molar-refractivity contribution >= 4 is 11.6 Å². The minimum Gasteiger partial charge on any atom is -0.493 e. The summed E-state index contributed by atoms with van der Waals surface area (Å²) in [6.45, 7) is 0.213. The van der Waals surface area contributed by atoms with Crippen molar-refractivity contribution < 1.29 is 23.6 Å². The van der Waals surface area contributed by atoms with Crippen LogP contribution in [0.25, 0.3) is 0 Å². The molecule has 1 N–H and O–H groups in total. The van der Waals surface area contributed by atoms with Gasteiger partial charge in [0, 0.05) is 12.6 Å². The third-order valence-electron chi connectivity index (χ3n) is 3.89. The molecule has 1 aromatic carbocycles. The maximum absolute atomic E-state index is 12.6. The van der Waals surface area contributed by atoms with Crippen LogP contribution in [0.5, 0.6) is 11.5 Å². The van der Waals surface area contributed by atoms with E-state index in [4.69, 9.17) is 13.9 Å².